The Hall–Kier alpha value is -3.60. The first-order valence-electron chi connectivity index (χ1n) is 10.9. The van der Waals surface area contributed by atoms with Gasteiger partial charge < -0.3 is 15.4 Å². The second-order valence-electron chi connectivity index (χ2n) is 7.92. The Balaban J connectivity index is 1.72. The molecule has 0 saturated heterocycles. The van der Waals surface area contributed by atoms with Gasteiger partial charge in [-0.25, -0.2) is 0 Å². The SMILES string of the molecule is CC[C@H](Oc1ccc(C)cc1C)C(=O)Nc1ccccc1C(=O)N[C@H](C)c1ccccc1. The van der Waals surface area contributed by atoms with E-state index in [9.17, 15) is 9.59 Å². The van der Waals surface area contributed by atoms with Gasteiger partial charge in [0.1, 0.15) is 5.75 Å². The van der Waals surface area contributed by atoms with Crippen LogP contribution < -0.4 is 15.4 Å². The molecule has 0 aromatic heterocycles. The average molecular weight is 431 g/mol. The molecule has 2 N–H and O–H groups in total. The molecule has 0 unspecified atom stereocenters. The number of hydrogen-bond acceptors (Lipinski definition) is 3. The van der Waals surface area contributed by atoms with Crippen LogP contribution in [-0.2, 0) is 4.79 Å². The molecule has 3 rings (SSSR count). The zero-order valence-corrected chi connectivity index (χ0v) is 19.0. The molecule has 0 fully saturated rings. The van der Waals surface area contributed by atoms with E-state index in [1.54, 1.807) is 24.3 Å². The van der Waals surface area contributed by atoms with Crippen LogP contribution in [0.4, 0.5) is 5.69 Å². The average Bonchev–Trinajstić information content (AvgIpc) is 2.79. The van der Waals surface area contributed by atoms with Crippen molar-refractivity contribution >= 4 is 17.5 Å². The summed E-state index contributed by atoms with van der Waals surface area (Å²) in [5.74, 6) is 0.143. The van der Waals surface area contributed by atoms with Gasteiger partial charge in [-0.3, -0.25) is 9.59 Å². The maximum absolute atomic E-state index is 13.0. The van der Waals surface area contributed by atoms with Gasteiger partial charge in [0.05, 0.1) is 17.3 Å². The molecule has 0 radical (unpaired) electrons. The molecule has 166 valence electrons. The van der Waals surface area contributed by atoms with E-state index in [0.717, 1.165) is 16.7 Å². The topological polar surface area (TPSA) is 67.4 Å². The first kappa shape index (κ1) is 23.1. The minimum Gasteiger partial charge on any atom is -0.480 e. The highest BCUT2D eigenvalue weighted by atomic mass is 16.5. The van der Waals surface area contributed by atoms with Crippen molar-refractivity contribution in [3.63, 3.8) is 0 Å². The number of benzene rings is 3. The zero-order chi connectivity index (χ0) is 23.1. The Kier molecular flexibility index (Phi) is 7.66. The number of carbonyl (C=O) groups excluding carboxylic acids is 2. The monoisotopic (exact) mass is 430 g/mol. The van der Waals surface area contributed by atoms with E-state index in [1.807, 2.05) is 76.2 Å². The van der Waals surface area contributed by atoms with E-state index in [0.29, 0.717) is 23.4 Å². The van der Waals surface area contributed by atoms with Gasteiger partial charge >= 0.3 is 0 Å². The van der Waals surface area contributed by atoms with E-state index >= 15 is 0 Å². The lowest BCUT2D eigenvalue weighted by molar-refractivity contribution is -0.122. The molecule has 32 heavy (non-hydrogen) atoms. The van der Waals surface area contributed by atoms with Crippen molar-refractivity contribution in [1.82, 2.24) is 5.32 Å². The molecule has 0 bridgehead atoms. The van der Waals surface area contributed by atoms with Gasteiger partial charge in [-0.05, 0) is 56.5 Å². The van der Waals surface area contributed by atoms with Crippen LogP contribution in [0.5, 0.6) is 5.75 Å². The fraction of sp³-hybridized carbons (Fsp3) is 0.259. The van der Waals surface area contributed by atoms with Crippen molar-refractivity contribution in [3.05, 3.63) is 95.1 Å². The lowest BCUT2D eigenvalue weighted by Gasteiger charge is -2.20. The van der Waals surface area contributed by atoms with Crippen LogP contribution in [0.1, 0.15) is 53.4 Å². The normalized spacial score (nSPS) is 12.5. The molecule has 2 amide bonds. The smallest absolute Gasteiger partial charge is 0.265 e. The second-order valence-corrected chi connectivity index (χ2v) is 7.92. The van der Waals surface area contributed by atoms with E-state index in [2.05, 4.69) is 10.6 Å². The molecule has 0 aliphatic rings. The molecule has 0 heterocycles. The molecule has 5 heteroatoms. The molecular weight excluding hydrogens is 400 g/mol. The summed E-state index contributed by atoms with van der Waals surface area (Å²) >= 11 is 0. The number of amides is 2. The minimum atomic E-state index is -0.671. The third kappa shape index (κ3) is 5.76. The van der Waals surface area contributed by atoms with Crippen molar-refractivity contribution in [2.24, 2.45) is 0 Å². The highest BCUT2D eigenvalue weighted by Gasteiger charge is 2.22. The third-order valence-corrected chi connectivity index (χ3v) is 5.34. The predicted octanol–water partition coefficient (Wildman–Crippen LogP) is 5.59. The Morgan fingerprint density at radius 3 is 2.31 bits per heavy atom. The summed E-state index contributed by atoms with van der Waals surface area (Å²) in [5, 5.41) is 5.88. The molecule has 2 atom stereocenters. The number of rotatable bonds is 8. The number of carbonyl (C=O) groups is 2. The largest absolute Gasteiger partial charge is 0.480 e. The maximum atomic E-state index is 13.0. The number of anilines is 1. The van der Waals surface area contributed by atoms with Crippen LogP contribution in [-0.4, -0.2) is 17.9 Å². The van der Waals surface area contributed by atoms with Crippen molar-refractivity contribution in [2.75, 3.05) is 5.32 Å². The van der Waals surface area contributed by atoms with Crippen LogP contribution in [0.3, 0.4) is 0 Å². The van der Waals surface area contributed by atoms with E-state index in [-0.39, 0.29) is 17.9 Å². The Labute approximate surface area is 189 Å². The highest BCUT2D eigenvalue weighted by Crippen LogP contribution is 2.23. The lowest BCUT2D eigenvalue weighted by atomic mass is 10.1. The Morgan fingerprint density at radius 2 is 1.62 bits per heavy atom. The van der Waals surface area contributed by atoms with Crippen molar-refractivity contribution in [2.45, 2.75) is 46.3 Å². The fourth-order valence-electron chi connectivity index (χ4n) is 3.51. The predicted molar refractivity (Wildman–Crippen MR) is 128 cm³/mol. The molecular formula is C27H30N2O3. The second kappa shape index (κ2) is 10.6. The number of aryl methyl sites for hydroxylation is 2. The summed E-state index contributed by atoms with van der Waals surface area (Å²) < 4.78 is 5.99. The molecule has 3 aromatic carbocycles. The first-order valence-corrected chi connectivity index (χ1v) is 10.9. The standard InChI is InChI=1S/C27H30N2O3/c1-5-24(32-25-16-15-18(2)17-19(25)3)27(31)29-23-14-10-9-13-22(23)26(30)28-20(4)21-11-7-6-8-12-21/h6-17,20,24H,5H2,1-4H3,(H,28,30)(H,29,31)/t20-,24+/m1/s1. The summed E-state index contributed by atoms with van der Waals surface area (Å²) in [6.45, 7) is 7.80. The minimum absolute atomic E-state index is 0.163. The summed E-state index contributed by atoms with van der Waals surface area (Å²) in [5.41, 5.74) is 3.99. The lowest BCUT2D eigenvalue weighted by Crippen LogP contribution is -2.34. The molecule has 0 spiro atoms. The van der Waals surface area contributed by atoms with E-state index < -0.39 is 6.10 Å². The first-order chi connectivity index (χ1) is 15.4. The van der Waals surface area contributed by atoms with Gasteiger partial charge in [0.2, 0.25) is 0 Å². The van der Waals surface area contributed by atoms with Crippen LogP contribution in [0.2, 0.25) is 0 Å². The molecule has 5 nitrogen and oxygen atoms in total. The Bertz CT molecular complexity index is 1080. The van der Waals surface area contributed by atoms with Crippen LogP contribution in [0.25, 0.3) is 0 Å². The summed E-state index contributed by atoms with van der Waals surface area (Å²) in [6, 6.07) is 22.4. The van der Waals surface area contributed by atoms with Gasteiger partial charge in [-0.15, -0.1) is 0 Å². The van der Waals surface area contributed by atoms with Crippen LogP contribution in [0.15, 0.2) is 72.8 Å². The molecule has 3 aromatic rings. The quantitative estimate of drug-likeness (QED) is 0.489. The number of para-hydroxylation sites is 1. The van der Waals surface area contributed by atoms with Crippen molar-refractivity contribution < 1.29 is 14.3 Å². The van der Waals surface area contributed by atoms with Gasteiger partial charge in [-0.1, -0.05) is 67.1 Å². The highest BCUT2D eigenvalue weighted by molar-refractivity contribution is 6.04. The number of hydrogen-bond donors (Lipinski definition) is 2. The van der Waals surface area contributed by atoms with Gasteiger partial charge in [0, 0.05) is 0 Å². The molecule has 0 aliphatic heterocycles. The Morgan fingerprint density at radius 1 is 0.938 bits per heavy atom. The van der Waals surface area contributed by atoms with E-state index in [1.165, 1.54) is 0 Å². The van der Waals surface area contributed by atoms with Crippen molar-refractivity contribution in [1.29, 1.82) is 0 Å². The van der Waals surface area contributed by atoms with Crippen LogP contribution in [0, 0.1) is 13.8 Å². The van der Waals surface area contributed by atoms with Crippen molar-refractivity contribution in [3.8, 4) is 5.75 Å². The van der Waals surface area contributed by atoms with Crippen LogP contribution >= 0.6 is 0 Å². The summed E-state index contributed by atoms with van der Waals surface area (Å²) in [4.78, 5) is 25.9. The number of nitrogens with one attached hydrogen (secondary N) is 2. The summed E-state index contributed by atoms with van der Waals surface area (Å²) in [6.07, 6.45) is -0.172. The van der Waals surface area contributed by atoms with E-state index in [4.69, 9.17) is 4.74 Å². The van der Waals surface area contributed by atoms with Gasteiger partial charge in [-0.2, -0.15) is 0 Å². The molecule has 0 aliphatic carbocycles. The maximum Gasteiger partial charge on any atom is 0.265 e. The third-order valence-electron chi connectivity index (χ3n) is 5.34. The van der Waals surface area contributed by atoms with Gasteiger partial charge in [0.15, 0.2) is 6.10 Å². The molecule has 0 saturated carbocycles. The number of ether oxygens (including phenoxy) is 1. The summed E-state index contributed by atoms with van der Waals surface area (Å²) in [7, 11) is 0. The fourth-order valence-corrected chi connectivity index (χ4v) is 3.51. The van der Waals surface area contributed by atoms with Gasteiger partial charge in [0.25, 0.3) is 11.8 Å². The zero-order valence-electron chi connectivity index (χ0n) is 19.0.